The summed E-state index contributed by atoms with van der Waals surface area (Å²) in [6.07, 6.45) is 0. The summed E-state index contributed by atoms with van der Waals surface area (Å²) in [5, 5.41) is 13.9. The van der Waals surface area contributed by atoms with E-state index in [1.165, 1.54) is 6.07 Å². The first kappa shape index (κ1) is 10.5. The Bertz CT molecular complexity index is 600. The number of halogens is 1. The Morgan fingerprint density at radius 3 is 2.69 bits per heavy atom. The van der Waals surface area contributed by atoms with Gasteiger partial charge in [0.05, 0.1) is 5.56 Å². The number of carboxylic acids is 1. The fourth-order valence-electron chi connectivity index (χ4n) is 1.44. The lowest BCUT2D eigenvalue weighted by molar-refractivity contribution is 0.0691. The second-order valence-corrected chi connectivity index (χ2v) is 3.58. The summed E-state index contributed by atoms with van der Waals surface area (Å²) in [7, 11) is 0. The zero-order chi connectivity index (χ0) is 11.7. The van der Waals surface area contributed by atoms with Crippen molar-refractivity contribution in [3.05, 3.63) is 45.3 Å². The Morgan fingerprint density at radius 1 is 1.31 bits per heavy atom. The highest BCUT2D eigenvalue weighted by Gasteiger charge is 2.17. The standard InChI is InChI=1S/C10H7ClN2O3/c11-6-3-1-2-5(4-6)7-8(10(15)16)12-13-9(7)14/h1-4H,(H,15,16)(H2,12,13,14). The highest BCUT2D eigenvalue weighted by Crippen LogP contribution is 2.21. The van der Waals surface area contributed by atoms with Crippen molar-refractivity contribution in [2.24, 2.45) is 0 Å². The first-order valence-corrected chi connectivity index (χ1v) is 4.77. The number of carboxylic acid groups (broad SMARTS) is 1. The molecule has 1 aromatic carbocycles. The molecule has 0 saturated carbocycles. The Morgan fingerprint density at radius 2 is 2.06 bits per heavy atom. The molecule has 0 atom stereocenters. The van der Waals surface area contributed by atoms with Crippen molar-refractivity contribution in [1.29, 1.82) is 0 Å². The predicted molar refractivity (Wildman–Crippen MR) is 58.8 cm³/mol. The van der Waals surface area contributed by atoms with Crippen molar-refractivity contribution < 1.29 is 9.90 Å². The van der Waals surface area contributed by atoms with Gasteiger partial charge in [-0.15, -0.1) is 0 Å². The van der Waals surface area contributed by atoms with Crippen LogP contribution < -0.4 is 5.56 Å². The molecule has 0 aliphatic heterocycles. The smallest absolute Gasteiger partial charge is 0.354 e. The summed E-state index contributed by atoms with van der Waals surface area (Å²) in [5.41, 5.74) is -0.116. The van der Waals surface area contributed by atoms with Crippen LogP contribution in [0.4, 0.5) is 0 Å². The molecule has 0 aliphatic carbocycles. The van der Waals surface area contributed by atoms with Crippen molar-refractivity contribution in [3.8, 4) is 11.1 Å². The second-order valence-electron chi connectivity index (χ2n) is 3.14. The Balaban J connectivity index is 2.68. The van der Waals surface area contributed by atoms with Gasteiger partial charge in [-0.2, -0.15) is 0 Å². The van der Waals surface area contributed by atoms with Crippen molar-refractivity contribution in [2.45, 2.75) is 0 Å². The van der Waals surface area contributed by atoms with Crippen LogP contribution in [-0.4, -0.2) is 21.3 Å². The van der Waals surface area contributed by atoms with E-state index in [1.807, 2.05) is 0 Å². The quantitative estimate of drug-likeness (QED) is 0.745. The van der Waals surface area contributed by atoms with Crippen LogP contribution in [0.1, 0.15) is 10.5 Å². The summed E-state index contributed by atoms with van der Waals surface area (Å²) in [6, 6.07) is 6.45. The minimum absolute atomic E-state index is 0.0787. The molecule has 2 rings (SSSR count). The fraction of sp³-hybridized carbons (Fsp3) is 0. The molecule has 2 aromatic rings. The first-order chi connectivity index (χ1) is 7.59. The van der Waals surface area contributed by atoms with Gasteiger partial charge in [-0.1, -0.05) is 23.7 Å². The van der Waals surface area contributed by atoms with Gasteiger partial charge in [-0.3, -0.25) is 15.0 Å². The molecule has 0 saturated heterocycles. The maximum atomic E-state index is 11.5. The molecule has 6 heteroatoms. The number of aromatic amines is 2. The first-order valence-electron chi connectivity index (χ1n) is 4.39. The summed E-state index contributed by atoms with van der Waals surface area (Å²) < 4.78 is 0. The van der Waals surface area contributed by atoms with Crippen LogP contribution >= 0.6 is 11.6 Å². The number of nitrogens with one attached hydrogen (secondary N) is 2. The Hall–Kier alpha value is -2.01. The van der Waals surface area contributed by atoms with Gasteiger partial charge in [-0.25, -0.2) is 4.79 Å². The van der Waals surface area contributed by atoms with Gasteiger partial charge in [0.2, 0.25) is 0 Å². The van der Waals surface area contributed by atoms with Crippen LogP contribution in [0.2, 0.25) is 5.02 Å². The van der Waals surface area contributed by atoms with Crippen molar-refractivity contribution in [2.75, 3.05) is 0 Å². The van der Waals surface area contributed by atoms with E-state index in [1.54, 1.807) is 18.2 Å². The molecule has 0 aliphatic rings. The van der Waals surface area contributed by atoms with Crippen LogP contribution in [0, 0.1) is 0 Å². The summed E-state index contributed by atoms with van der Waals surface area (Å²) >= 11 is 5.78. The minimum Gasteiger partial charge on any atom is -0.477 e. The summed E-state index contributed by atoms with van der Waals surface area (Å²) in [6.45, 7) is 0. The van der Waals surface area contributed by atoms with E-state index in [0.29, 0.717) is 10.6 Å². The lowest BCUT2D eigenvalue weighted by atomic mass is 10.1. The van der Waals surface area contributed by atoms with Crippen LogP contribution in [0.25, 0.3) is 11.1 Å². The molecule has 0 amide bonds. The number of hydrogen-bond acceptors (Lipinski definition) is 2. The average molecular weight is 239 g/mol. The van der Waals surface area contributed by atoms with Crippen LogP contribution in [0.5, 0.6) is 0 Å². The topological polar surface area (TPSA) is 85.9 Å². The molecule has 0 radical (unpaired) electrons. The summed E-state index contributed by atoms with van der Waals surface area (Å²) in [4.78, 5) is 22.3. The highest BCUT2D eigenvalue weighted by atomic mass is 35.5. The number of rotatable bonds is 2. The number of aromatic nitrogens is 2. The van der Waals surface area contributed by atoms with Gasteiger partial charge >= 0.3 is 5.97 Å². The van der Waals surface area contributed by atoms with Gasteiger partial charge in [0.25, 0.3) is 5.56 Å². The fourth-order valence-corrected chi connectivity index (χ4v) is 1.63. The minimum atomic E-state index is -1.20. The molecular formula is C10H7ClN2O3. The van der Waals surface area contributed by atoms with Gasteiger partial charge < -0.3 is 5.11 Å². The van der Waals surface area contributed by atoms with E-state index in [0.717, 1.165) is 0 Å². The second kappa shape index (κ2) is 3.86. The molecule has 0 spiro atoms. The molecule has 0 unspecified atom stereocenters. The maximum Gasteiger partial charge on any atom is 0.354 e. The zero-order valence-corrected chi connectivity index (χ0v) is 8.71. The number of aromatic carboxylic acids is 1. The molecule has 3 N–H and O–H groups in total. The van der Waals surface area contributed by atoms with Crippen LogP contribution in [0.3, 0.4) is 0 Å². The Labute approximate surface area is 94.7 Å². The molecule has 0 fully saturated rings. The van der Waals surface area contributed by atoms with Crippen molar-refractivity contribution in [3.63, 3.8) is 0 Å². The molecule has 16 heavy (non-hydrogen) atoms. The molecule has 5 nitrogen and oxygen atoms in total. The zero-order valence-electron chi connectivity index (χ0n) is 7.95. The third kappa shape index (κ3) is 1.72. The lowest BCUT2D eigenvalue weighted by Crippen LogP contribution is -2.04. The van der Waals surface area contributed by atoms with Gasteiger partial charge in [-0.05, 0) is 17.7 Å². The van der Waals surface area contributed by atoms with E-state index in [9.17, 15) is 9.59 Å². The number of hydrogen-bond donors (Lipinski definition) is 3. The highest BCUT2D eigenvalue weighted by molar-refractivity contribution is 6.30. The SMILES string of the molecule is O=C(O)c1[nH][nH]c(=O)c1-c1cccc(Cl)c1. The normalized spacial score (nSPS) is 10.3. The van der Waals surface area contributed by atoms with Gasteiger partial charge in [0, 0.05) is 5.02 Å². The third-order valence-corrected chi connectivity index (χ3v) is 2.34. The predicted octanol–water partition coefficient (Wildman–Crippen LogP) is 1.72. The van der Waals surface area contributed by atoms with E-state index in [2.05, 4.69) is 10.2 Å². The van der Waals surface area contributed by atoms with Gasteiger partial charge in [0.15, 0.2) is 5.69 Å². The van der Waals surface area contributed by atoms with E-state index >= 15 is 0 Å². The van der Waals surface area contributed by atoms with E-state index < -0.39 is 11.5 Å². The van der Waals surface area contributed by atoms with E-state index in [4.69, 9.17) is 16.7 Å². The number of H-pyrrole nitrogens is 2. The van der Waals surface area contributed by atoms with Crippen molar-refractivity contribution >= 4 is 17.6 Å². The number of carbonyl (C=O) groups is 1. The Kier molecular flexibility index (Phi) is 2.54. The summed E-state index contributed by atoms with van der Waals surface area (Å²) in [5.74, 6) is -1.20. The molecule has 0 bridgehead atoms. The van der Waals surface area contributed by atoms with Crippen LogP contribution in [-0.2, 0) is 0 Å². The third-order valence-electron chi connectivity index (χ3n) is 2.11. The molecule has 82 valence electrons. The van der Waals surface area contributed by atoms with Gasteiger partial charge in [0.1, 0.15) is 0 Å². The van der Waals surface area contributed by atoms with Crippen molar-refractivity contribution in [1.82, 2.24) is 10.2 Å². The molecule has 1 aromatic heterocycles. The number of benzene rings is 1. The maximum absolute atomic E-state index is 11.5. The largest absolute Gasteiger partial charge is 0.477 e. The van der Waals surface area contributed by atoms with Crippen LogP contribution in [0.15, 0.2) is 29.1 Å². The monoisotopic (exact) mass is 238 g/mol. The van der Waals surface area contributed by atoms with E-state index in [-0.39, 0.29) is 11.3 Å². The molecular weight excluding hydrogens is 232 g/mol. The lowest BCUT2D eigenvalue weighted by Gasteiger charge is -1.98. The average Bonchev–Trinajstić information content (AvgIpc) is 2.60. The molecule has 1 heterocycles.